The van der Waals surface area contributed by atoms with Crippen LogP contribution in [0.25, 0.3) is 0 Å². The molecule has 0 heterocycles. The number of fused-ring (bicyclic) bond motifs is 2. The van der Waals surface area contributed by atoms with Crippen LogP contribution >= 0.6 is 0 Å². The molecule has 27 heavy (non-hydrogen) atoms. The van der Waals surface area contributed by atoms with E-state index in [-0.39, 0.29) is 6.10 Å². The summed E-state index contributed by atoms with van der Waals surface area (Å²) in [6, 6.07) is 0. The van der Waals surface area contributed by atoms with Gasteiger partial charge in [0.1, 0.15) is 0 Å². The molecule has 0 aliphatic heterocycles. The standard InChI is InChI=1S/C20H34O.3C2H6/c1-14-7-9-18-17(19(14,3)13-11-15(2)21)10-8-16-6-5-12-20(16,18)4;3*1-2/h14-16,21H,5-13H2,1-4H3;3*1-2H3. The topological polar surface area (TPSA) is 20.2 Å². The van der Waals surface area contributed by atoms with E-state index in [0.29, 0.717) is 10.8 Å². The highest BCUT2D eigenvalue weighted by Crippen LogP contribution is 2.62. The van der Waals surface area contributed by atoms with Gasteiger partial charge in [0.25, 0.3) is 0 Å². The molecule has 5 atom stereocenters. The maximum atomic E-state index is 9.76. The van der Waals surface area contributed by atoms with Crippen LogP contribution in [0.15, 0.2) is 11.1 Å². The quantitative estimate of drug-likeness (QED) is 0.486. The Morgan fingerprint density at radius 3 is 2.04 bits per heavy atom. The summed E-state index contributed by atoms with van der Waals surface area (Å²) in [5.74, 6) is 1.74. The number of hydrogen-bond donors (Lipinski definition) is 1. The average Bonchev–Trinajstić information content (AvgIpc) is 3.09. The van der Waals surface area contributed by atoms with E-state index in [0.717, 1.165) is 18.3 Å². The zero-order valence-corrected chi connectivity index (χ0v) is 20.5. The van der Waals surface area contributed by atoms with Crippen LogP contribution in [-0.4, -0.2) is 11.2 Å². The van der Waals surface area contributed by atoms with Gasteiger partial charge in [-0.15, -0.1) is 0 Å². The molecule has 162 valence electrons. The van der Waals surface area contributed by atoms with Crippen molar-refractivity contribution in [1.29, 1.82) is 0 Å². The van der Waals surface area contributed by atoms with Gasteiger partial charge in [-0.1, -0.05) is 79.9 Å². The van der Waals surface area contributed by atoms with Gasteiger partial charge in [0.05, 0.1) is 6.10 Å². The molecule has 5 unspecified atom stereocenters. The predicted octanol–water partition coefficient (Wildman–Crippen LogP) is 8.56. The van der Waals surface area contributed by atoms with Crippen molar-refractivity contribution in [2.24, 2.45) is 22.7 Å². The molecule has 3 aliphatic carbocycles. The number of allylic oxidation sites excluding steroid dienone is 2. The van der Waals surface area contributed by atoms with E-state index in [1.54, 1.807) is 0 Å². The van der Waals surface area contributed by atoms with E-state index >= 15 is 0 Å². The molecule has 0 radical (unpaired) electrons. The van der Waals surface area contributed by atoms with E-state index < -0.39 is 0 Å². The number of rotatable bonds is 3. The van der Waals surface area contributed by atoms with Crippen molar-refractivity contribution in [3.8, 4) is 0 Å². The Morgan fingerprint density at radius 2 is 1.48 bits per heavy atom. The molecule has 0 aromatic rings. The van der Waals surface area contributed by atoms with Crippen LogP contribution in [0.5, 0.6) is 0 Å². The summed E-state index contributed by atoms with van der Waals surface area (Å²) < 4.78 is 0. The van der Waals surface area contributed by atoms with Crippen molar-refractivity contribution in [2.45, 2.75) is 133 Å². The molecule has 3 aliphatic rings. The lowest BCUT2D eigenvalue weighted by Crippen LogP contribution is -2.40. The number of aliphatic hydroxyl groups is 1. The third-order valence-electron chi connectivity index (χ3n) is 7.63. The van der Waals surface area contributed by atoms with E-state index in [4.69, 9.17) is 0 Å². The van der Waals surface area contributed by atoms with Crippen LogP contribution in [-0.2, 0) is 0 Å². The molecular formula is C26H52O. The highest BCUT2D eigenvalue weighted by atomic mass is 16.3. The lowest BCUT2D eigenvalue weighted by atomic mass is 9.53. The van der Waals surface area contributed by atoms with Crippen molar-refractivity contribution in [3.63, 3.8) is 0 Å². The van der Waals surface area contributed by atoms with Gasteiger partial charge in [0, 0.05) is 0 Å². The molecule has 1 heteroatoms. The van der Waals surface area contributed by atoms with Crippen LogP contribution in [0.1, 0.15) is 127 Å². The smallest absolute Gasteiger partial charge is 0.0512 e. The molecular weight excluding hydrogens is 328 g/mol. The molecule has 0 amide bonds. The lowest BCUT2D eigenvalue weighted by Gasteiger charge is -2.52. The van der Waals surface area contributed by atoms with Gasteiger partial charge >= 0.3 is 0 Å². The lowest BCUT2D eigenvalue weighted by molar-refractivity contribution is 0.112. The summed E-state index contributed by atoms with van der Waals surface area (Å²) >= 11 is 0. The summed E-state index contributed by atoms with van der Waals surface area (Å²) in [7, 11) is 0. The second-order valence-corrected chi connectivity index (χ2v) is 8.75. The molecule has 1 N–H and O–H groups in total. The van der Waals surface area contributed by atoms with Gasteiger partial charge < -0.3 is 5.11 Å². The molecule has 0 bridgehead atoms. The van der Waals surface area contributed by atoms with Crippen molar-refractivity contribution < 1.29 is 5.11 Å². The average molecular weight is 381 g/mol. The van der Waals surface area contributed by atoms with E-state index in [2.05, 4.69) is 20.8 Å². The van der Waals surface area contributed by atoms with Crippen LogP contribution in [0.3, 0.4) is 0 Å². The molecule has 0 aromatic heterocycles. The minimum Gasteiger partial charge on any atom is -0.393 e. The normalized spacial score (nSPS) is 35.2. The fraction of sp³-hybridized carbons (Fsp3) is 0.923. The molecule has 1 saturated carbocycles. The second-order valence-electron chi connectivity index (χ2n) is 8.75. The Labute approximate surface area is 172 Å². The Balaban J connectivity index is 0.00000103. The monoisotopic (exact) mass is 380 g/mol. The highest BCUT2D eigenvalue weighted by molar-refractivity contribution is 5.34. The first-order valence-electron chi connectivity index (χ1n) is 12.3. The zero-order valence-electron chi connectivity index (χ0n) is 20.5. The summed E-state index contributed by atoms with van der Waals surface area (Å²) in [5, 5.41) is 9.76. The van der Waals surface area contributed by atoms with Gasteiger partial charge in [0.15, 0.2) is 0 Å². The van der Waals surface area contributed by atoms with Crippen molar-refractivity contribution in [2.75, 3.05) is 0 Å². The maximum absolute atomic E-state index is 9.76. The van der Waals surface area contributed by atoms with Gasteiger partial charge in [0.2, 0.25) is 0 Å². The predicted molar refractivity (Wildman–Crippen MR) is 123 cm³/mol. The van der Waals surface area contributed by atoms with E-state index in [1.807, 2.05) is 59.6 Å². The first kappa shape index (κ1) is 26.7. The SMILES string of the molecule is CC.CC.CC.CC(O)CCC1(C)C2=C(CCC1C)C1(C)CCCC1CC2. The maximum Gasteiger partial charge on any atom is 0.0512 e. The first-order chi connectivity index (χ1) is 12.9. The third kappa shape index (κ3) is 5.62. The molecule has 1 fully saturated rings. The fourth-order valence-electron chi connectivity index (χ4n) is 5.86. The fourth-order valence-corrected chi connectivity index (χ4v) is 5.86. The molecule has 1 nitrogen and oxygen atoms in total. The summed E-state index contributed by atoms with van der Waals surface area (Å²) in [6.45, 7) is 21.5. The van der Waals surface area contributed by atoms with Crippen molar-refractivity contribution in [1.82, 2.24) is 0 Å². The van der Waals surface area contributed by atoms with E-state index in [1.165, 1.54) is 51.4 Å². The van der Waals surface area contributed by atoms with E-state index in [9.17, 15) is 5.11 Å². The minimum atomic E-state index is -0.154. The van der Waals surface area contributed by atoms with Crippen molar-refractivity contribution in [3.05, 3.63) is 11.1 Å². The van der Waals surface area contributed by atoms with Gasteiger partial charge in [-0.25, -0.2) is 0 Å². The zero-order chi connectivity index (χ0) is 21.3. The number of aliphatic hydroxyl groups excluding tert-OH is 1. The molecule has 0 saturated heterocycles. The van der Waals surface area contributed by atoms with Crippen LogP contribution < -0.4 is 0 Å². The van der Waals surface area contributed by atoms with Crippen LogP contribution in [0, 0.1) is 22.7 Å². The van der Waals surface area contributed by atoms with Gasteiger partial charge in [-0.3, -0.25) is 0 Å². The minimum absolute atomic E-state index is 0.154. The second kappa shape index (κ2) is 12.3. The molecule has 0 aromatic carbocycles. The molecule has 3 rings (SSSR count). The first-order valence-corrected chi connectivity index (χ1v) is 12.3. The Morgan fingerprint density at radius 1 is 0.926 bits per heavy atom. The summed E-state index contributed by atoms with van der Waals surface area (Å²) in [4.78, 5) is 0. The highest BCUT2D eigenvalue weighted by Gasteiger charge is 2.50. The van der Waals surface area contributed by atoms with Gasteiger partial charge in [-0.05, 0) is 81.0 Å². The van der Waals surface area contributed by atoms with Crippen LogP contribution in [0.2, 0.25) is 0 Å². The summed E-state index contributed by atoms with van der Waals surface area (Å²) in [5.41, 5.74) is 4.56. The Bertz CT molecular complexity index is 435. The van der Waals surface area contributed by atoms with Crippen LogP contribution in [0.4, 0.5) is 0 Å². The van der Waals surface area contributed by atoms with Gasteiger partial charge in [-0.2, -0.15) is 0 Å². The number of hydrogen-bond acceptors (Lipinski definition) is 1. The summed E-state index contributed by atoms with van der Waals surface area (Å²) in [6.07, 6.45) is 11.8. The largest absolute Gasteiger partial charge is 0.393 e. The third-order valence-corrected chi connectivity index (χ3v) is 7.63. The van der Waals surface area contributed by atoms with Crippen molar-refractivity contribution >= 4 is 0 Å². The Hall–Kier alpha value is -0.300. The Kier molecular flexibility index (Phi) is 12.2. The molecule has 0 spiro atoms.